The number of likely N-dealkylation sites (tertiary alicyclic amines) is 1. The van der Waals surface area contributed by atoms with Gasteiger partial charge in [0.1, 0.15) is 6.61 Å². The molecule has 1 aromatic rings. The number of carbonyl (C=O) groups is 3. The summed E-state index contributed by atoms with van der Waals surface area (Å²) in [6.45, 7) is 0.848. The topological polar surface area (TPSA) is 96.4 Å². The summed E-state index contributed by atoms with van der Waals surface area (Å²) in [4.78, 5) is 39.2. The van der Waals surface area contributed by atoms with E-state index in [2.05, 4.69) is 0 Å². The molecular weight excluding hydrogens is 364 g/mol. The first-order chi connectivity index (χ1) is 13.4. The number of para-hydroxylation sites is 1. The molecule has 0 bridgehead atoms. The van der Waals surface area contributed by atoms with Gasteiger partial charge in [-0.1, -0.05) is 12.1 Å². The van der Waals surface area contributed by atoms with E-state index in [9.17, 15) is 14.4 Å². The normalized spacial score (nSPS) is 16.5. The molecule has 0 spiro atoms. The van der Waals surface area contributed by atoms with Crippen molar-refractivity contribution in [2.45, 2.75) is 12.8 Å². The molecule has 150 valence electrons. The smallest absolute Gasteiger partial charge is 0.306 e. The zero-order valence-electron chi connectivity index (χ0n) is 16.0. The number of carbonyl (C=O) groups excluding carboxylic acids is 2. The summed E-state index contributed by atoms with van der Waals surface area (Å²) in [5.74, 6) is -0.470. The summed E-state index contributed by atoms with van der Waals surface area (Å²) in [6, 6.07) is 5.44. The van der Waals surface area contributed by atoms with E-state index in [0.29, 0.717) is 43.0 Å². The molecule has 0 atom stereocenters. The minimum atomic E-state index is -0.819. The first-order valence-electron chi connectivity index (χ1n) is 9.17. The Bertz CT molecular complexity index is 811. The summed E-state index contributed by atoms with van der Waals surface area (Å²) in [7, 11) is 3.13. The zero-order chi connectivity index (χ0) is 20.3. The number of carboxylic acids is 1. The van der Waals surface area contributed by atoms with Gasteiger partial charge in [0.05, 0.1) is 25.1 Å². The van der Waals surface area contributed by atoms with Crippen LogP contribution < -0.4 is 9.47 Å². The van der Waals surface area contributed by atoms with Crippen molar-refractivity contribution < 1.29 is 29.0 Å². The van der Waals surface area contributed by atoms with Crippen molar-refractivity contribution in [1.29, 1.82) is 0 Å². The molecule has 2 amide bonds. The molecule has 0 aromatic heterocycles. The van der Waals surface area contributed by atoms with Crippen molar-refractivity contribution in [2.24, 2.45) is 5.92 Å². The van der Waals surface area contributed by atoms with Crippen LogP contribution >= 0.6 is 0 Å². The third-order valence-corrected chi connectivity index (χ3v) is 5.12. The first-order valence-corrected chi connectivity index (χ1v) is 9.17. The van der Waals surface area contributed by atoms with Crippen molar-refractivity contribution in [3.63, 3.8) is 0 Å². The van der Waals surface area contributed by atoms with Crippen molar-refractivity contribution >= 4 is 23.9 Å². The highest BCUT2D eigenvalue weighted by atomic mass is 16.5. The van der Waals surface area contributed by atoms with Crippen LogP contribution in [0.4, 0.5) is 0 Å². The molecule has 1 N–H and O–H groups in total. The van der Waals surface area contributed by atoms with E-state index in [1.54, 1.807) is 31.2 Å². The Kier molecular flexibility index (Phi) is 5.87. The van der Waals surface area contributed by atoms with Crippen LogP contribution in [0.25, 0.3) is 6.08 Å². The van der Waals surface area contributed by atoms with Crippen molar-refractivity contribution in [1.82, 2.24) is 9.80 Å². The van der Waals surface area contributed by atoms with E-state index in [4.69, 9.17) is 14.6 Å². The van der Waals surface area contributed by atoms with E-state index in [1.165, 1.54) is 4.90 Å². The van der Waals surface area contributed by atoms with Crippen molar-refractivity contribution in [3.8, 4) is 11.5 Å². The summed E-state index contributed by atoms with van der Waals surface area (Å²) >= 11 is 0. The summed E-state index contributed by atoms with van der Waals surface area (Å²) in [6.07, 6.45) is 2.63. The van der Waals surface area contributed by atoms with Gasteiger partial charge in [-0.25, -0.2) is 0 Å². The highest BCUT2D eigenvalue weighted by Crippen LogP contribution is 2.35. The van der Waals surface area contributed by atoms with Crippen LogP contribution in [0.1, 0.15) is 18.4 Å². The first kappa shape index (κ1) is 19.7. The third-order valence-electron chi connectivity index (χ3n) is 5.12. The van der Waals surface area contributed by atoms with Crippen LogP contribution in [0.15, 0.2) is 23.8 Å². The Hall–Kier alpha value is -3.03. The van der Waals surface area contributed by atoms with Crippen molar-refractivity contribution in [2.75, 3.05) is 40.4 Å². The van der Waals surface area contributed by atoms with Gasteiger partial charge in [0.15, 0.2) is 11.5 Å². The summed E-state index contributed by atoms with van der Waals surface area (Å²) in [5.41, 5.74) is 1.21. The fraction of sp³-hybridized carbons (Fsp3) is 0.450. The van der Waals surface area contributed by atoms with Gasteiger partial charge < -0.3 is 24.4 Å². The number of rotatable bonds is 5. The largest absolute Gasteiger partial charge is 0.493 e. The number of methoxy groups -OCH3 is 1. The second-order valence-corrected chi connectivity index (χ2v) is 6.99. The molecule has 2 heterocycles. The van der Waals surface area contributed by atoms with E-state index in [-0.39, 0.29) is 25.0 Å². The number of likely N-dealkylation sites (N-methyl/N-ethyl adjacent to an activating group) is 1. The minimum Gasteiger partial charge on any atom is -0.493 e. The lowest BCUT2D eigenvalue weighted by molar-refractivity contribution is -0.146. The number of benzene rings is 1. The van der Waals surface area contributed by atoms with Crippen LogP contribution in [0, 0.1) is 5.92 Å². The number of fused-ring (bicyclic) bond motifs is 1. The predicted octanol–water partition coefficient (Wildman–Crippen LogP) is 1.25. The van der Waals surface area contributed by atoms with E-state index in [0.717, 1.165) is 5.56 Å². The number of amides is 2. The zero-order valence-corrected chi connectivity index (χ0v) is 16.0. The van der Waals surface area contributed by atoms with E-state index >= 15 is 0 Å². The predicted molar refractivity (Wildman–Crippen MR) is 101 cm³/mol. The Morgan fingerprint density at radius 2 is 2.00 bits per heavy atom. The maximum absolute atomic E-state index is 12.7. The molecule has 0 saturated carbocycles. The minimum absolute atomic E-state index is 0.0567. The van der Waals surface area contributed by atoms with Gasteiger partial charge in [0, 0.05) is 25.7 Å². The Labute approximate surface area is 163 Å². The van der Waals surface area contributed by atoms with Crippen LogP contribution in [0.2, 0.25) is 0 Å². The lowest BCUT2D eigenvalue weighted by atomic mass is 9.97. The lowest BCUT2D eigenvalue weighted by Crippen LogP contribution is -2.46. The molecule has 2 aliphatic rings. The molecule has 0 radical (unpaired) electrons. The Morgan fingerprint density at radius 1 is 1.29 bits per heavy atom. The fourth-order valence-electron chi connectivity index (χ4n) is 3.46. The second kappa shape index (κ2) is 8.33. The monoisotopic (exact) mass is 388 g/mol. The molecular formula is C20H24N2O6. The molecule has 0 aliphatic carbocycles. The standard InChI is InChI=1S/C20H24N2O6/c1-21(11-17(23)22-8-6-13(7-9-22)20(25)26)19(24)15-10-14-4-3-5-16(27-2)18(14)28-12-15/h3-5,10,13H,6-9,11-12H2,1-2H3,(H,25,26). The molecule has 8 nitrogen and oxygen atoms in total. The van der Waals surface area contributed by atoms with Crippen LogP contribution in [-0.4, -0.2) is 73.1 Å². The molecule has 2 aliphatic heterocycles. The van der Waals surface area contributed by atoms with E-state index < -0.39 is 11.9 Å². The lowest BCUT2D eigenvalue weighted by Gasteiger charge is -2.31. The third kappa shape index (κ3) is 4.11. The average molecular weight is 388 g/mol. The van der Waals surface area contributed by atoms with Gasteiger partial charge in [-0.05, 0) is 25.0 Å². The van der Waals surface area contributed by atoms with Gasteiger partial charge in [0.25, 0.3) is 5.91 Å². The van der Waals surface area contributed by atoms with Crippen LogP contribution in [0.3, 0.4) is 0 Å². The van der Waals surface area contributed by atoms with Gasteiger partial charge >= 0.3 is 5.97 Å². The number of piperidine rings is 1. The highest BCUT2D eigenvalue weighted by Gasteiger charge is 2.29. The molecule has 1 aromatic carbocycles. The maximum atomic E-state index is 12.7. The Morgan fingerprint density at radius 3 is 2.64 bits per heavy atom. The quantitative estimate of drug-likeness (QED) is 0.816. The van der Waals surface area contributed by atoms with Gasteiger partial charge in [-0.15, -0.1) is 0 Å². The van der Waals surface area contributed by atoms with Crippen molar-refractivity contribution in [3.05, 3.63) is 29.3 Å². The number of carboxylic acid groups (broad SMARTS) is 1. The maximum Gasteiger partial charge on any atom is 0.306 e. The van der Waals surface area contributed by atoms with Gasteiger partial charge in [0.2, 0.25) is 5.91 Å². The summed E-state index contributed by atoms with van der Waals surface area (Å²) < 4.78 is 11.0. The average Bonchev–Trinajstić information content (AvgIpc) is 2.72. The molecule has 8 heteroatoms. The molecule has 28 heavy (non-hydrogen) atoms. The number of aliphatic carboxylic acids is 1. The number of ether oxygens (including phenoxy) is 2. The van der Waals surface area contributed by atoms with Crippen LogP contribution in [-0.2, 0) is 14.4 Å². The number of nitrogens with zero attached hydrogens (tertiary/aromatic N) is 2. The van der Waals surface area contributed by atoms with E-state index in [1.807, 2.05) is 12.1 Å². The van der Waals surface area contributed by atoms with Crippen LogP contribution in [0.5, 0.6) is 11.5 Å². The highest BCUT2D eigenvalue weighted by molar-refractivity contribution is 6.00. The molecule has 3 rings (SSSR count). The number of hydrogen-bond donors (Lipinski definition) is 1. The Balaban J connectivity index is 1.61. The van der Waals surface area contributed by atoms with Gasteiger partial charge in [-0.2, -0.15) is 0 Å². The molecule has 1 fully saturated rings. The van der Waals surface area contributed by atoms with Gasteiger partial charge in [-0.3, -0.25) is 14.4 Å². The molecule has 0 unspecified atom stereocenters. The summed E-state index contributed by atoms with van der Waals surface area (Å²) in [5, 5.41) is 9.05. The number of hydrogen-bond acceptors (Lipinski definition) is 5. The SMILES string of the molecule is COc1cccc2c1OCC(C(=O)N(C)CC(=O)N1CCC(C(=O)O)CC1)=C2. The fourth-order valence-corrected chi connectivity index (χ4v) is 3.46. The molecule has 1 saturated heterocycles. The second-order valence-electron chi connectivity index (χ2n) is 6.99.